The molecule has 2 aromatic rings. The fourth-order valence-corrected chi connectivity index (χ4v) is 2.49. The van der Waals surface area contributed by atoms with E-state index in [9.17, 15) is 9.59 Å². The average Bonchev–Trinajstić information content (AvgIpc) is 3.26. The first-order valence-corrected chi connectivity index (χ1v) is 7.72. The molecule has 1 fully saturated rings. The second-order valence-electron chi connectivity index (χ2n) is 5.45. The summed E-state index contributed by atoms with van der Waals surface area (Å²) in [5.74, 6) is -0.564. The average molecular weight is 330 g/mol. The van der Waals surface area contributed by atoms with Crippen molar-refractivity contribution in [3.05, 3.63) is 36.2 Å². The SMILES string of the molecule is O=C(Cn1cnnn1)Nc1ccccc1C(=O)NC[C@H]1CCCO1. The Balaban J connectivity index is 1.61. The van der Waals surface area contributed by atoms with Crippen molar-refractivity contribution in [2.24, 2.45) is 0 Å². The van der Waals surface area contributed by atoms with Crippen LogP contribution < -0.4 is 10.6 Å². The number of hydrogen-bond donors (Lipinski definition) is 2. The van der Waals surface area contributed by atoms with Crippen LogP contribution >= 0.6 is 0 Å². The molecule has 1 aliphatic heterocycles. The molecule has 9 nitrogen and oxygen atoms in total. The molecular weight excluding hydrogens is 312 g/mol. The maximum Gasteiger partial charge on any atom is 0.253 e. The number of anilines is 1. The Kier molecular flexibility index (Phi) is 5.12. The highest BCUT2D eigenvalue weighted by molar-refractivity contribution is 6.03. The van der Waals surface area contributed by atoms with Crippen molar-refractivity contribution in [3.63, 3.8) is 0 Å². The van der Waals surface area contributed by atoms with E-state index < -0.39 is 0 Å². The molecule has 0 unspecified atom stereocenters. The third-order valence-electron chi connectivity index (χ3n) is 3.66. The lowest BCUT2D eigenvalue weighted by Gasteiger charge is -2.13. The van der Waals surface area contributed by atoms with E-state index in [0.29, 0.717) is 17.8 Å². The van der Waals surface area contributed by atoms with E-state index in [-0.39, 0.29) is 24.5 Å². The number of tetrazole rings is 1. The number of benzene rings is 1. The zero-order valence-corrected chi connectivity index (χ0v) is 13.0. The third-order valence-corrected chi connectivity index (χ3v) is 3.66. The molecule has 126 valence electrons. The number of carbonyl (C=O) groups excluding carboxylic acids is 2. The summed E-state index contributed by atoms with van der Waals surface area (Å²) in [5.41, 5.74) is 0.848. The molecule has 2 N–H and O–H groups in total. The van der Waals surface area contributed by atoms with Gasteiger partial charge in [-0.1, -0.05) is 12.1 Å². The topological polar surface area (TPSA) is 111 Å². The Morgan fingerprint density at radius 2 is 2.21 bits per heavy atom. The molecule has 0 saturated carbocycles. The molecule has 1 aliphatic rings. The lowest BCUT2D eigenvalue weighted by molar-refractivity contribution is -0.116. The Morgan fingerprint density at radius 3 is 2.96 bits per heavy atom. The molecule has 1 saturated heterocycles. The minimum absolute atomic E-state index is 0.0289. The van der Waals surface area contributed by atoms with Crippen LogP contribution in [0.25, 0.3) is 0 Å². The molecular formula is C15H18N6O3. The van der Waals surface area contributed by atoms with Crippen molar-refractivity contribution in [2.75, 3.05) is 18.5 Å². The summed E-state index contributed by atoms with van der Waals surface area (Å²) in [6.07, 6.45) is 3.38. The Hall–Kier alpha value is -2.81. The van der Waals surface area contributed by atoms with Gasteiger partial charge < -0.3 is 15.4 Å². The predicted molar refractivity (Wildman–Crippen MR) is 84.2 cm³/mol. The first-order valence-electron chi connectivity index (χ1n) is 7.72. The summed E-state index contributed by atoms with van der Waals surface area (Å²) in [6, 6.07) is 6.84. The molecule has 1 aromatic heterocycles. The number of ether oxygens (including phenoxy) is 1. The van der Waals surface area contributed by atoms with Gasteiger partial charge in [-0.15, -0.1) is 5.10 Å². The second kappa shape index (κ2) is 7.64. The van der Waals surface area contributed by atoms with E-state index in [2.05, 4.69) is 26.2 Å². The van der Waals surface area contributed by atoms with Crippen molar-refractivity contribution in [1.82, 2.24) is 25.5 Å². The highest BCUT2D eigenvalue weighted by Crippen LogP contribution is 2.16. The number of nitrogens with one attached hydrogen (secondary N) is 2. The largest absolute Gasteiger partial charge is 0.376 e. The van der Waals surface area contributed by atoms with Crippen LogP contribution in [0.3, 0.4) is 0 Å². The summed E-state index contributed by atoms with van der Waals surface area (Å²) < 4.78 is 6.79. The number of amides is 2. The number of nitrogens with zero attached hydrogens (tertiary/aromatic N) is 4. The van der Waals surface area contributed by atoms with Crippen LogP contribution in [0.4, 0.5) is 5.69 Å². The molecule has 1 atom stereocenters. The summed E-state index contributed by atoms with van der Waals surface area (Å²) in [7, 11) is 0. The van der Waals surface area contributed by atoms with Crippen LogP contribution in [0.5, 0.6) is 0 Å². The molecule has 0 spiro atoms. The van der Waals surface area contributed by atoms with Crippen LogP contribution in [0.1, 0.15) is 23.2 Å². The van der Waals surface area contributed by atoms with Gasteiger partial charge in [-0.2, -0.15) is 0 Å². The lowest BCUT2D eigenvalue weighted by atomic mass is 10.1. The van der Waals surface area contributed by atoms with Crippen LogP contribution in [-0.4, -0.2) is 51.3 Å². The normalized spacial score (nSPS) is 16.8. The Labute approximate surface area is 138 Å². The van der Waals surface area contributed by atoms with Crippen LogP contribution in [0, 0.1) is 0 Å². The first kappa shape index (κ1) is 16.1. The number of hydrogen-bond acceptors (Lipinski definition) is 6. The van der Waals surface area contributed by atoms with Gasteiger partial charge in [0, 0.05) is 13.2 Å². The minimum Gasteiger partial charge on any atom is -0.376 e. The summed E-state index contributed by atoms with van der Waals surface area (Å²) in [5, 5.41) is 16.1. The maximum absolute atomic E-state index is 12.4. The van der Waals surface area contributed by atoms with Crippen molar-refractivity contribution < 1.29 is 14.3 Å². The van der Waals surface area contributed by atoms with Crippen molar-refractivity contribution in [1.29, 1.82) is 0 Å². The molecule has 0 radical (unpaired) electrons. The predicted octanol–water partition coefficient (Wildman–Crippen LogP) is 0.221. The second-order valence-corrected chi connectivity index (χ2v) is 5.45. The molecule has 3 rings (SSSR count). The van der Waals surface area contributed by atoms with E-state index in [0.717, 1.165) is 19.4 Å². The molecule has 9 heteroatoms. The van der Waals surface area contributed by atoms with Gasteiger partial charge in [0.05, 0.1) is 17.4 Å². The molecule has 2 amide bonds. The van der Waals surface area contributed by atoms with Gasteiger partial charge in [0.15, 0.2) is 0 Å². The van der Waals surface area contributed by atoms with Crippen molar-refractivity contribution in [3.8, 4) is 0 Å². The summed E-state index contributed by atoms with van der Waals surface area (Å²) in [4.78, 5) is 24.4. The number of carbonyl (C=O) groups is 2. The number of para-hydroxylation sites is 1. The maximum atomic E-state index is 12.4. The zero-order chi connectivity index (χ0) is 16.8. The van der Waals surface area contributed by atoms with E-state index >= 15 is 0 Å². The van der Waals surface area contributed by atoms with Gasteiger partial charge in [-0.3, -0.25) is 9.59 Å². The van der Waals surface area contributed by atoms with Gasteiger partial charge in [0.25, 0.3) is 5.91 Å². The van der Waals surface area contributed by atoms with E-state index in [1.165, 1.54) is 11.0 Å². The van der Waals surface area contributed by atoms with E-state index in [4.69, 9.17) is 4.74 Å². The van der Waals surface area contributed by atoms with Crippen molar-refractivity contribution in [2.45, 2.75) is 25.5 Å². The van der Waals surface area contributed by atoms with Gasteiger partial charge >= 0.3 is 0 Å². The molecule has 1 aromatic carbocycles. The molecule has 0 bridgehead atoms. The van der Waals surface area contributed by atoms with Crippen LogP contribution in [0.15, 0.2) is 30.6 Å². The highest BCUT2D eigenvalue weighted by Gasteiger charge is 2.18. The van der Waals surface area contributed by atoms with E-state index in [1.807, 2.05) is 0 Å². The van der Waals surface area contributed by atoms with Crippen molar-refractivity contribution >= 4 is 17.5 Å². The zero-order valence-electron chi connectivity index (χ0n) is 13.0. The fraction of sp³-hybridized carbons (Fsp3) is 0.400. The van der Waals surface area contributed by atoms with Gasteiger partial charge in [0.1, 0.15) is 12.9 Å². The number of rotatable bonds is 6. The quantitative estimate of drug-likeness (QED) is 0.784. The molecule has 0 aliphatic carbocycles. The standard InChI is InChI=1S/C15H18N6O3/c22-14(9-21-10-17-19-20-21)18-13-6-2-1-5-12(13)15(23)16-8-11-4-3-7-24-11/h1-2,5-6,10-11H,3-4,7-9H2,(H,16,23)(H,18,22)/t11-/m1/s1. The highest BCUT2D eigenvalue weighted by atomic mass is 16.5. The van der Waals surface area contributed by atoms with Gasteiger partial charge in [0.2, 0.25) is 5.91 Å². The summed E-state index contributed by atoms with van der Waals surface area (Å²) >= 11 is 0. The van der Waals surface area contributed by atoms with Gasteiger partial charge in [-0.05, 0) is 35.4 Å². The number of aromatic nitrogens is 4. The van der Waals surface area contributed by atoms with E-state index in [1.54, 1.807) is 24.3 Å². The van der Waals surface area contributed by atoms with Crippen LogP contribution in [-0.2, 0) is 16.1 Å². The van der Waals surface area contributed by atoms with Crippen LogP contribution in [0.2, 0.25) is 0 Å². The smallest absolute Gasteiger partial charge is 0.253 e. The monoisotopic (exact) mass is 330 g/mol. The Bertz CT molecular complexity index is 697. The lowest BCUT2D eigenvalue weighted by Crippen LogP contribution is -2.32. The minimum atomic E-state index is -0.318. The fourth-order valence-electron chi connectivity index (χ4n) is 2.49. The third kappa shape index (κ3) is 4.13. The molecule has 2 heterocycles. The molecule has 24 heavy (non-hydrogen) atoms. The Morgan fingerprint density at radius 1 is 1.33 bits per heavy atom. The van der Waals surface area contributed by atoms with Gasteiger partial charge in [-0.25, -0.2) is 4.68 Å². The summed E-state index contributed by atoms with van der Waals surface area (Å²) in [6.45, 7) is 1.18. The first-order chi connectivity index (χ1) is 11.7.